The predicted molar refractivity (Wildman–Crippen MR) is 85.6 cm³/mol. The third-order valence-electron chi connectivity index (χ3n) is 3.95. The third-order valence-corrected chi connectivity index (χ3v) is 3.95. The number of carbonyl (C=O) groups excluding carboxylic acids is 1. The van der Waals surface area contributed by atoms with Crippen molar-refractivity contribution in [3.8, 4) is 0 Å². The van der Waals surface area contributed by atoms with Crippen molar-refractivity contribution in [2.75, 3.05) is 31.5 Å². The molecule has 1 aromatic rings. The number of nitrogens with zero attached hydrogens (tertiary/aromatic N) is 2. The highest BCUT2D eigenvalue weighted by Gasteiger charge is 2.16. The summed E-state index contributed by atoms with van der Waals surface area (Å²) in [6.07, 6.45) is 5.35. The van der Waals surface area contributed by atoms with Gasteiger partial charge in [0.15, 0.2) is 0 Å². The van der Waals surface area contributed by atoms with Crippen molar-refractivity contribution in [3.05, 3.63) is 24.0 Å². The normalized spacial score (nSPS) is 18.9. The molecule has 1 unspecified atom stereocenters. The molecule has 2 N–H and O–H groups in total. The summed E-state index contributed by atoms with van der Waals surface area (Å²) in [5.41, 5.74) is 1.50. The second-order valence-electron chi connectivity index (χ2n) is 5.45. The minimum Gasteiger partial charge on any atom is -0.381 e. The molecule has 0 spiro atoms. The Morgan fingerprint density at radius 2 is 2.24 bits per heavy atom. The van der Waals surface area contributed by atoms with Crippen molar-refractivity contribution in [1.29, 1.82) is 0 Å². The zero-order chi connectivity index (χ0) is 15.1. The molecule has 0 saturated carbocycles. The molecule has 1 aliphatic rings. The van der Waals surface area contributed by atoms with Crippen LogP contribution in [0, 0.1) is 0 Å². The quantitative estimate of drug-likeness (QED) is 0.872. The molecule has 0 radical (unpaired) electrons. The maximum atomic E-state index is 12.3. The van der Waals surface area contributed by atoms with E-state index in [9.17, 15) is 4.79 Å². The van der Waals surface area contributed by atoms with Gasteiger partial charge in [0, 0.05) is 37.6 Å². The Hall–Kier alpha value is -1.62. The van der Waals surface area contributed by atoms with E-state index in [4.69, 9.17) is 0 Å². The molecule has 1 saturated heterocycles. The Labute approximate surface area is 127 Å². The van der Waals surface area contributed by atoms with Crippen LogP contribution in [0.15, 0.2) is 18.3 Å². The fraction of sp³-hybridized carbons (Fsp3) is 0.625. The second-order valence-corrected chi connectivity index (χ2v) is 5.45. The van der Waals surface area contributed by atoms with E-state index in [1.54, 1.807) is 11.1 Å². The lowest BCUT2D eigenvalue weighted by molar-refractivity contribution is 0.0767. The van der Waals surface area contributed by atoms with Crippen LogP contribution in [0.2, 0.25) is 0 Å². The minimum absolute atomic E-state index is 0.00245. The van der Waals surface area contributed by atoms with Gasteiger partial charge in [0.05, 0.1) is 0 Å². The average Bonchev–Trinajstić information content (AvgIpc) is 2.77. The van der Waals surface area contributed by atoms with Crippen molar-refractivity contribution in [2.45, 2.75) is 39.2 Å². The van der Waals surface area contributed by atoms with Gasteiger partial charge in [-0.2, -0.15) is 0 Å². The van der Waals surface area contributed by atoms with Crippen molar-refractivity contribution in [2.24, 2.45) is 0 Å². The van der Waals surface area contributed by atoms with Crippen LogP contribution in [0.3, 0.4) is 0 Å². The van der Waals surface area contributed by atoms with Crippen LogP contribution in [0.1, 0.15) is 43.6 Å². The molecule has 116 valence electrons. The van der Waals surface area contributed by atoms with Gasteiger partial charge in [0.25, 0.3) is 5.91 Å². The SMILES string of the molecule is CCN(CC)C(=O)c1cc(NC2CCCCNC2)ccn1. The number of nitrogens with one attached hydrogen (secondary N) is 2. The smallest absolute Gasteiger partial charge is 0.272 e. The van der Waals surface area contributed by atoms with Gasteiger partial charge in [-0.15, -0.1) is 0 Å². The number of hydrogen-bond donors (Lipinski definition) is 2. The highest BCUT2D eigenvalue weighted by Crippen LogP contribution is 2.14. The Kier molecular flexibility index (Phi) is 5.99. The number of rotatable bonds is 5. The van der Waals surface area contributed by atoms with Crippen LogP contribution in [0.25, 0.3) is 0 Å². The third kappa shape index (κ3) is 4.43. The predicted octanol–water partition coefficient (Wildman–Crippen LogP) is 2.12. The molecule has 1 fully saturated rings. The lowest BCUT2D eigenvalue weighted by Crippen LogP contribution is -2.32. The second kappa shape index (κ2) is 7.98. The summed E-state index contributed by atoms with van der Waals surface area (Å²) in [5.74, 6) is 0.00245. The van der Waals surface area contributed by atoms with Crippen molar-refractivity contribution < 1.29 is 4.79 Å². The Balaban J connectivity index is 2.04. The fourth-order valence-electron chi connectivity index (χ4n) is 2.69. The van der Waals surface area contributed by atoms with Crippen LogP contribution in [-0.4, -0.2) is 48.0 Å². The molecule has 0 bridgehead atoms. The molecule has 2 heterocycles. The molecular weight excluding hydrogens is 264 g/mol. The Morgan fingerprint density at radius 1 is 1.43 bits per heavy atom. The summed E-state index contributed by atoms with van der Waals surface area (Å²) in [6, 6.07) is 4.22. The van der Waals surface area contributed by atoms with Gasteiger partial charge in [0.1, 0.15) is 5.69 Å². The molecular formula is C16H26N4O. The fourth-order valence-corrected chi connectivity index (χ4v) is 2.69. The molecule has 1 aliphatic heterocycles. The van der Waals surface area contributed by atoms with Gasteiger partial charge in [-0.05, 0) is 45.4 Å². The summed E-state index contributed by atoms with van der Waals surface area (Å²) < 4.78 is 0. The van der Waals surface area contributed by atoms with Gasteiger partial charge >= 0.3 is 0 Å². The monoisotopic (exact) mass is 290 g/mol. The Morgan fingerprint density at radius 3 is 3.00 bits per heavy atom. The summed E-state index contributed by atoms with van der Waals surface area (Å²) in [7, 11) is 0. The summed E-state index contributed by atoms with van der Waals surface area (Å²) in [4.78, 5) is 18.3. The largest absolute Gasteiger partial charge is 0.381 e. The van der Waals surface area contributed by atoms with E-state index >= 15 is 0 Å². The average molecular weight is 290 g/mol. The molecule has 1 aromatic heterocycles. The number of pyridine rings is 1. The molecule has 1 atom stereocenters. The lowest BCUT2D eigenvalue weighted by atomic mass is 10.1. The van der Waals surface area contributed by atoms with Gasteiger partial charge in [-0.1, -0.05) is 6.42 Å². The lowest BCUT2D eigenvalue weighted by Gasteiger charge is -2.20. The van der Waals surface area contributed by atoms with E-state index in [0.717, 1.165) is 25.2 Å². The van der Waals surface area contributed by atoms with E-state index in [0.29, 0.717) is 24.8 Å². The summed E-state index contributed by atoms with van der Waals surface area (Å²) >= 11 is 0. The molecule has 0 aromatic carbocycles. The van der Waals surface area contributed by atoms with Crippen LogP contribution >= 0.6 is 0 Å². The first-order valence-corrected chi connectivity index (χ1v) is 7.97. The molecule has 1 amide bonds. The Bertz CT molecular complexity index is 451. The minimum atomic E-state index is 0.00245. The van der Waals surface area contributed by atoms with Crippen molar-refractivity contribution in [1.82, 2.24) is 15.2 Å². The standard InChI is InChI=1S/C16H26N4O/c1-3-20(4-2)16(21)15-11-13(8-10-18-15)19-14-7-5-6-9-17-12-14/h8,10-11,14,17H,3-7,9,12H2,1-2H3,(H,18,19). The van der Waals surface area contributed by atoms with E-state index < -0.39 is 0 Å². The van der Waals surface area contributed by atoms with E-state index in [1.165, 1.54) is 12.8 Å². The molecule has 0 aliphatic carbocycles. The van der Waals surface area contributed by atoms with E-state index in [-0.39, 0.29) is 5.91 Å². The zero-order valence-corrected chi connectivity index (χ0v) is 13.1. The summed E-state index contributed by atoms with van der Waals surface area (Å²) in [6.45, 7) is 7.46. The molecule has 21 heavy (non-hydrogen) atoms. The van der Waals surface area contributed by atoms with Gasteiger partial charge in [0.2, 0.25) is 0 Å². The van der Waals surface area contributed by atoms with Crippen molar-refractivity contribution >= 4 is 11.6 Å². The van der Waals surface area contributed by atoms with Crippen molar-refractivity contribution in [3.63, 3.8) is 0 Å². The van der Waals surface area contributed by atoms with Crippen LogP contribution < -0.4 is 10.6 Å². The molecule has 5 heteroatoms. The highest BCUT2D eigenvalue weighted by atomic mass is 16.2. The number of anilines is 1. The first-order chi connectivity index (χ1) is 10.2. The van der Waals surface area contributed by atoms with Gasteiger partial charge in [-0.3, -0.25) is 9.78 Å². The maximum Gasteiger partial charge on any atom is 0.272 e. The van der Waals surface area contributed by atoms with Crippen LogP contribution in [0.4, 0.5) is 5.69 Å². The van der Waals surface area contributed by atoms with Gasteiger partial charge in [-0.25, -0.2) is 0 Å². The topological polar surface area (TPSA) is 57.3 Å². The highest BCUT2D eigenvalue weighted by molar-refractivity contribution is 5.93. The number of hydrogen-bond acceptors (Lipinski definition) is 4. The number of carbonyl (C=O) groups is 1. The molecule has 5 nitrogen and oxygen atoms in total. The van der Waals surface area contributed by atoms with E-state index in [1.807, 2.05) is 26.0 Å². The van der Waals surface area contributed by atoms with Crippen LogP contribution in [0.5, 0.6) is 0 Å². The van der Waals surface area contributed by atoms with Crippen LogP contribution in [-0.2, 0) is 0 Å². The number of aromatic nitrogens is 1. The van der Waals surface area contributed by atoms with E-state index in [2.05, 4.69) is 15.6 Å². The van der Waals surface area contributed by atoms with Gasteiger partial charge < -0.3 is 15.5 Å². The zero-order valence-electron chi connectivity index (χ0n) is 13.1. The maximum absolute atomic E-state index is 12.3. The first-order valence-electron chi connectivity index (χ1n) is 7.97. The summed E-state index contributed by atoms with van der Waals surface area (Å²) in [5, 5.41) is 6.96. The number of amides is 1. The first kappa shape index (κ1) is 15.8. The molecule has 2 rings (SSSR count).